The minimum Gasteiger partial charge on any atom is -0.363 e. The summed E-state index contributed by atoms with van der Waals surface area (Å²) in [7, 11) is 0. The van der Waals surface area contributed by atoms with E-state index in [0.29, 0.717) is 12.1 Å². The van der Waals surface area contributed by atoms with Crippen molar-refractivity contribution >= 4 is 22.3 Å². The average Bonchev–Trinajstić information content (AvgIpc) is 3.37. The number of nitrogens with zero attached hydrogens (tertiary/aromatic N) is 3. The number of piperidine rings is 1. The quantitative estimate of drug-likeness (QED) is 0.566. The molecule has 0 amide bonds. The van der Waals surface area contributed by atoms with Crippen LogP contribution in [-0.4, -0.2) is 62.2 Å². The van der Waals surface area contributed by atoms with Crippen molar-refractivity contribution in [3.63, 3.8) is 0 Å². The Labute approximate surface area is 162 Å². The molecule has 3 heterocycles. The van der Waals surface area contributed by atoms with E-state index in [1.54, 1.807) is 0 Å². The Bertz CT molecular complexity index is 530. The van der Waals surface area contributed by atoms with Gasteiger partial charge < -0.3 is 15.5 Å². The standard InChI is InChI=1S/C20H35N5S/c1-3-18(24-11-5-6-12-24)16-22-20(21-4-2)23-17-9-13-25(14-10-17)19-8-7-15-26-19/h7-8,15,17-18H,3-6,9-14,16H2,1-2H3,(H2,21,22,23). The molecule has 3 rings (SSSR count). The summed E-state index contributed by atoms with van der Waals surface area (Å²) in [5, 5.41) is 10.7. The van der Waals surface area contributed by atoms with Crippen molar-refractivity contribution in [2.45, 2.75) is 58.0 Å². The van der Waals surface area contributed by atoms with Crippen LogP contribution >= 0.6 is 11.3 Å². The van der Waals surface area contributed by atoms with E-state index in [2.05, 4.69) is 51.8 Å². The minimum atomic E-state index is 0.524. The maximum Gasteiger partial charge on any atom is 0.191 e. The molecule has 0 aromatic carbocycles. The molecule has 0 spiro atoms. The zero-order valence-corrected chi connectivity index (χ0v) is 17.2. The highest BCUT2D eigenvalue weighted by Crippen LogP contribution is 2.24. The maximum atomic E-state index is 4.93. The van der Waals surface area contributed by atoms with Crippen LogP contribution in [0.2, 0.25) is 0 Å². The van der Waals surface area contributed by atoms with Gasteiger partial charge in [-0.15, -0.1) is 11.3 Å². The molecule has 2 aliphatic heterocycles. The highest BCUT2D eigenvalue weighted by atomic mass is 32.1. The number of guanidine groups is 1. The van der Waals surface area contributed by atoms with E-state index in [4.69, 9.17) is 4.99 Å². The number of thiophene rings is 1. The summed E-state index contributed by atoms with van der Waals surface area (Å²) >= 11 is 1.84. The van der Waals surface area contributed by atoms with Gasteiger partial charge in [0.1, 0.15) is 0 Å². The van der Waals surface area contributed by atoms with Crippen molar-refractivity contribution in [2.24, 2.45) is 4.99 Å². The lowest BCUT2D eigenvalue weighted by Crippen LogP contribution is -2.49. The molecule has 2 aliphatic rings. The Hall–Kier alpha value is -1.27. The lowest BCUT2D eigenvalue weighted by molar-refractivity contribution is 0.242. The second kappa shape index (κ2) is 10.2. The highest BCUT2D eigenvalue weighted by Gasteiger charge is 2.22. The summed E-state index contributed by atoms with van der Waals surface area (Å²) in [5.41, 5.74) is 0. The predicted octanol–water partition coefficient (Wildman–Crippen LogP) is 3.15. The van der Waals surface area contributed by atoms with Gasteiger partial charge in [0.2, 0.25) is 0 Å². The van der Waals surface area contributed by atoms with Crippen molar-refractivity contribution in [1.29, 1.82) is 0 Å². The van der Waals surface area contributed by atoms with Crippen molar-refractivity contribution in [3.8, 4) is 0 Å². The van der Waals surface area contributed by atoms with E-state index in [0.717, 1.165) is 32.1 Å². The molecule has 26 heavy (non-hydrogen) atoms. The number of rotatable bonds is 7. The third-order valence-electron chi connectivity index (χ3n) is 5.59. The van der Waals surface area contributed by atoms with Crippen LogP contribution < -0.4 is 15.5 Å². The van der Waals surface area contributed by atoms with Gasteiger partial charge in [-0.2, -0.15) is 0 Å². The van der Waals surface area contributed by atoms with Crippen LogP contribution in [0.5, 0.6) is 0 Å². The molecule has 2 saturated heterocycles. The van der Waals surface area contributed by atoms with Gasteiger partial charge in [-0.25, -0.2) is 0 Å². The minimum absolute atomic E-state index is 0.524. The lowest BCUT2D eigenvalue weighted by Gasteiger charge is -2.33. The third-order valence-corrected chi connectivity index (χ3v) is 6.52. The Morgan fingerprint density at radius 3 is 2.62 bits per heavy atom. The van der Waals surface area contributed by atoms with Crippen molar-refractivity contribution < 1.29 is 0 Å². The molecular formula is C20H35N5S. The highest BCUT2D eigenvalue weighted by molar-refractivity contribution is 7.14. The van der Waals surface area contributed by atoms with Gasteiger partial charge in [0.05, 0.1) is 11.5 Å². The van der Waals surface area contributed by atoms with Crippen LogP contribution in [0, 0.1) is 0 Å². The molecule has 5 nitrogen and oxygen atoms in total. The Morgan fingerprint density at radius 1 is 1.23 bits per heavy atom. The molecule has 146 valence electrons. The normalized spacial score (nSPS) is 21.2. The van der Waals surface area contributed by atoms with Crippen LogP contribution in [0.15, 0.2) is 22.5 Å². The second-order valence-corrected chi connectivity index (χ2v) is 8.31. The fourth-order valence-corrected chi connectivity index (χ4v) is 4.80. The molecule has 0 saturated carbocycles. The molecule has 0 aliphatic carbocycles. The molecule has 0 radical (unpaired) electrons. The SMILES string of the molecule is CCNC(=NCC(CC)N1CCCC1)NC1CCN(c2cccs2)CC1. The molecule has 1 unspecified atom stereocenters. The first-order valence-corrected chi connectivity index (χ1v) is 11.3. The monoisotopic (exact) mass is 377 g/mol. The number of nitrogens with one attached hydrogen (secondary N) is 2. The lowest BCUT2D eigenvalue weighted by atomic mass is 10.1. The summed E-state index contributed by atoms with van der Waals surface area (Å²) in [6.07, 6.45) is 6.22. The molecule has 2 N–H and O–H groups in total. The van der Waals surface area contributed by atoms with Crippen LogP contribution in [0.4, 0.5) is 5.00 Å². The van der Waals surface area contributed by atoms with Gasteiger partial charge in [0, 0.05) is 31.7 Å². The molecular weight excluding hydrogens is 342 g/mol. The van der Waals surface area contributed by atoms with E-state index >= 15 is 0 Å². The van der Waals surface area contributed by atoms with Gasteiger partial charge in [-0.3, -0.25) is 9.89 Å². The smallest absolute Gasteiger partial charge is 0.191 e. The van der Waals surface area contributed by atoms with Gasteiger partial charge in [0.25, 0.3) is 0 Å². The van der Waals surface area contributed by atoms with E-state index in [1.165, 1.54) is 50.2 Å². The number of hydrogen-bond acceptors (Lipinski definition) is 4. The summed E-state index contributed by atoms with van der Waals surface area (Å²) in [6, 6.07) is 5.49. The van der Waals surface area contributed by atoms with Crippen molar-refractivity contribution in [2.75, 3.05) is 44.2 Å². The zero-order chi connectivity index (χ0) is 18.2. The van der Waals surface area contributed by atoms with Crippen LogP contribution in [0.3, 0.4) is 0 Å². The number of aliphatic imine (C=N–C) groups is 1. The Kier molecular flexibility index (Phi) is 7.62. The topological polar surface area (TPSA) is 42.9 Å². The van der Waals surface area contributed by atoms with Crippen molar-refractivity contribution in [1.82, 2.24) is 15.5 Å². The first kappa shape index (κ1) is 19.5. The number of anilines is 1. The van der Waals surface area contributed by atoms with Gasteiger partial charge in [-0.1, -0.05) is 6.92 Å². The van der Waals surface area contributed by atoms with Crippen LogP contribution in [0.25, 0.3) is 0 Å². The maximum absolute atomic E-state index is 4.93. The van der Waals surface area contributed by atoms with Crippen LogP contribution in [-0.2, 0) is 0 Å². The van der Waals surface area contributed by atoms with Gasteiger partial charge >= 0.3 is 0 Å². The van der Waals surface area contributed by atoms with Gasteiger partial charge in [0.15, 0.2) is 5.96 Å². The predicted molar refractivity (Wildman–Crippen MR) is 114 cm³/mol. The summed E-state index contributed by atoms with van der Waals surface area (Å²) in [4.78, 5) is 10.1. The van der Waals surface area contributed by atoms with E-state index < -0.39 is 0 Å². The second-order valence-electron chi connectivity index (χ2n) is 7.38. The number of likely N-dealkylation sites (tertiary alicyclic amines) is 1. The Morgan fingerprint density at radius 2 is 2.00 bits per heavy atom. The first-order chi connectivity index (χ1) is 12.8. The fraction of sp³-hybridized carbons (Fsp3) is 0.750. The fourth-order valence-electron chi connectivity index (χ4n) is 4.01. The van der Waals surface area contributed by atoms with Crippen molar-refractivity contribution in [3.05, 3.63) is 17.5 Å². The molecule has 1 atom stereocenters. The van der Waals surface area contributed by atoms with E-state index in [9.17, 15) is 0 Å². The largest absolute Gasteiger partial charge is 0.363 e. The molecule has 2 fully saturated rings. The van der Waals surface area contributed by atoms with E-state index in [1.807, 2.05) is 11.3 Å². The van der Waals surface area contributed by atoms with Crippen LogP contribution in [0.1, 0.15) is 46.0 Å². The molecule has 6 heteroatoms. The third kappa shape index (κ3) is 5.36. The Balaban J connectivity index is 1.49. The zero-order valence-electron chi connectivity index (χ0n) is 16.4. The van der Waals surface area contributed by atoms with Gasteiger partial charge in [-0.05, 0) is 69.6 Å². The average molecular weight is 378 g/mol. The summed E-state index contributed by atoms with van der Waals surface area (Å²) in [5.74, 6) is 1.000. The van der Waals surface area contributed by atoms with E-state index in [-0.39, 0.29) is 0 Å². The summed E-state index contributed by atoms with van der Waals surface area (Å²) < 4.78 is 0. The molecule has 1 aromatic rings. The molecule has 1 aromatic heterocycles. The number of hydrogen-bond donors (Lipinski definition) is 2. The summed E-state index contributed by atoms with van der Waals surface area (Å²) in [6.45, 7) is 11.0. The molecule has 0 bridgehead atoms. The first-order valence-electron chi connectivity index (χ1n) is 10.4.